The highest BCUT2D eigenvalue weighted by Gasteiger charge is 2.25. The molecule has 0 fully saturated rings. The standard InChI is InChI=1S/C19H22Cl2N2O3S/c1-4-13-7-6-8-14(5-2)18(13)22-19(24)12(3)23-27(25,26)17-11-15(20)9-10-16(17)21/h6-12,23H,4-5H2,1-3H3,(H,22,24)/t12-/m0/s1. The van der Waals surface area contributed by atoms with Gasteiger partial charge in [-0.25, -0.2) is 8.42 Å². The number of anilines is 1. The molecule has 0 aliphatic heterocycles. The molecule has 8 heteroatoms. The summed E-state index contributed by atoms with van der Waals surface area (Å²) >= 11 is 11.8. The monoisotopic (exact) mass is 428 g/mol. The van der Waals surface area contributed by atoms with Gasteiger partial charge in [0.2, 0.25) is 15.9 Å². The first kappa shape index (κ1) is 21.7. The van der Waals surface area contributed by atoms with Crippen molar-refractivity contribution >= 4 is 44.8 Å². The lowest BCUT2D eigenvalue weighted by atomic mass is 10.0. The van der Waals surface area contributed by atoms with Gasteiger partial charge in [-0.15, -0.1) is 0 Å². The van der Waals surface area contributed by atoms with Gasteiger partial charge in [-0.1, -0.05) is 55.2 Å². The number of nitrogens with one attached hydrogen (secondary N) is 2. The molecule has 0 heterocycles. The SMILES string of the molecule is CCc1cccc(CC)c1NC(=O)[C@H](C)NS(=O)(=O)c1cc(Cl)ccc1Cl. The average Bonchev–Trinajstić information content (AvgIpc) is 2.63. The van der Waals surface area contributed by atoms with Gasteiger partial charge in [-0.2, -0.15) is 4.72 Å². The fourth-order valence-corrected chi connectivity index (χ4v) is 4.63. The van der Waals surface area contributed by atoms with Crippen molar-refractivity contribution in [3.8, 4) is 0 Å². The minimum absolute atomic E-state index is 0.0316. The molecule has 146 valence electrons. The van der Waals surface area contributed by atoms with Gasteiger partial charge in [0.15, 0.2) is 0 Å². The smallest absolute Gasteiger partial charge is 0.242 e. The molecule has 2 N–H and O–H groups in total. The topological polar surface area (TPSA) is 75.3 Å². The average molecular weight is 429 g/mol. The fourth-order valence-electron chi connectivity index (χ4n) is 2.67. The molecule has 27 heavy (non-hydrogen) atoms. The van der Waals surface area contributed by atoms with E-state index in [-0.39, 0.29) is 14.9 Å². The predicted molar refractivity (Wildman–Crippen MR) is 110 cm³/mol. The minimum atomic E-state index is -4.01. The maximum Gasteiger partial charge on any atom is 0.242 e. The molecule has 0 spiro atoms. The van der Waals surface area contributed by atoms with Crippen molar-refractivity contribution in [2.45, 2.75) is 44.6 Å². The quantitative estimate of drug-likeness (QED) is 0.684. The number of halogens is 2. The summed E-state index contributed by atoms with van der Waals surface area (Å²) in [6.07, 6.45) is 1.50. The van der Waals surface area contributed by atoms with Crippen LogP contribution in [-0.2, 0) is 27.7 Å². The highest BCUT2D eigenvalue weighted by atomic mass is 35.5. The van der Waals surface area contributed by atoms with Crippen LogP contribution < -0.4 is 10.0 Å². The van der Waals surface area contributed by atoms with E-state index in [4.69, 9.17) is 23.2 Å². The van der Waals surface area contributed by atoms with E-state index in [0.717, 1.165) is 29.7 Å². The van der Waals surface area contributed by atoms with Crippen molar-refractivity contribution in [3.63, 3.8) is 0 Å². The third-order valence-corrected chi connectivity index (χ3v) is 6.41. The van der Waals surface area contributed by atoms with Crippen LogP contribution in [0.15, 0.2) is 41.3 Å². The lowest BCUT2D eigenvalue weighted by Crippen LogP contribution is -2.41. The summed E-state index contributed by atoms with van der Waals surface area (Å²) in [5.74, 6) is -0.452. The number of aryl methyl sites for hydroxylation is 2. The Labute approximate surface area is 170 Å². The van der Waals surface area contributed by atoms with Crippen molar-refractivity contribution in [2.24, 2.45) is 0 Å². The van der Waals surface area contributed by atoms with Crippen molar-refractivity contribution in [3.05, 3.63) is 57.6 Å². The normalized spacial score (nSPS) is 12.6. The second-order valence-corrected chi connectivity index (χ2v) is 8.59. The van der Waals surface area contributed by atoms with E-state index < -0.39 is 22.0 Å². The summed E-state index contributed by atoms with van der Waals surface area (Å²) in [4.78, 5) is 12.4. The molecule has 1 atom stereocenters. The fraction of sp³-hybridized carbons (Fsp3) is 0.316. The molecule has 0 radical (unpaired) electrons. The molecule has 0 aromatic heterocycles. The molecule has 0 saturated heterocycles. The van der Waals surface area contributed by atoms with Gasteiger partial charge in [-0.05, 0) is 49.1 Å². The highest BCUT2D eigenvalue weighted by Crippen LogP contribution is 2.26. The first-order valence-corrected chi connectivity index (χ1v) is 10.8. The Morgan fingerprint density at radius 3 is 2.22 bits per heavy atom. The Bertz CT molecular complexity index is 924. The first-order valence-electron chi connectivity index (χ1n) is 8.58. The molecule has 5 nitrogen and oxygen atoms in total. The highest BCUT2D eigenvalue weighted by molar-refractivity contribution is 7.89. The van der Waals surface area contributed by atoms with Crippen molar-refractivity contribution in [1.29, 1.82) is 0 Å². The number of carbonyl (C=O) groups excluding carboxylic acids is 1. The van der Waals surface area contributed by atoms with Gasteiger partial charge in [0, 0.05) is 10.7 Å². The second kappa shape index (κ2) is 9.06. The number of rotatable bonds is 7. The lowest BCUT2D eigenvalue weighted by molar-refractivity contribution is -0.117. The van der Waals surface area contributed by atoms with Crippen LogP contribution in [0.4, 0.5) is 5.69 Å². The lowest BCUT2D eigenvalue weighted by Gasteiger charge is -2.18. The molecular formula is C19H22Cl2N2O3S. The summed E-state index contributed by atoms with van der Waals surface area (Å²) in [7, 11) is -4.01. The van der Waals surface area contributed by atoms with E-state index >= 15 is 0 Å². The van der Waals surface area contributed by atoms with E-state index in [2.05, 4.69) is 10.0 Å². The molecule has 2 rings (SSSR count). The van der Waals surface area contributed by atoms with Crippen LogP contribution in [0.5, 0.6) is 0 Å². The van der Waals surface area contributed by atoms with Gasteiger partial charge in [-0.3, -0.25) is 4.79 Å². The zero-order valence-electron chi connectivity index (χ0n) is 15.3. The first-order chi connectivity index (χ1) is 12.7. The van der Waals surface area contributed by atoms with E-state index in [9.17, 15) is 13.2 Å². The largest absolute Gasteiger partial charge is 0.324 e. The number of hydrogen-bond acceptors (Lipinski definition) is 3. The van der Waals surface area contributed by atoms with Crippen LogP contribution in [0, 0.1) is 0 Å². The maximum absolute atomic E-state index is 12.6. The minimum Gasteiger partial charge on any atom is -0.324 e. The number of sulfonamides is 1. The molecule has 0 bridgehead atoms. The van der Waals surface area contributed by atoms with E-state index in [0.29, 0.717) is 0 Å². The molecule has 0 aliphatic carbocycles. The molecular weight excluding hydrogens is 407 g/mol. The Morgan fingerprint density at radius 2 is 1.67 bits per heavy atom. The number of amides is 1. The zero-order valence-corrected chi connectivity index (χ0v) is 17.7. The predicted octanol–water partition coefficient (Wildman–Crippen LogP) is 4.42. The van der Waals surface area contributed by atoms with Gasteiger partial charge < -0.3 is 5.32 Å². The summed E-state index contributed by atoms with van der Waals surface area (Å²) < 4.78 is 27.5. The number of carbonyl (C=O) groups is 1. The number of para-hydroxylation sites is 1. The maximum atomic E-state index is 12.6. The van der Waals surface area contributed by atoms with Crippen molar-refractivity contribution < 1.29 is 13.2 Å². The summed E-state index contributed by atoms with van der Waals surface area (Å²) in [6, 6.07) is 8.96. The molecule has 1 amide bonds. The van der Waals surface area contributed by atoms with Gasteiger partial charge in [0.1, 0.15) is 4.90 Å². The third kappa shape index (κ3) is 5.23. The third-order valence-electron chi connectivity index (χ3n) is 4.16. The Morgan fingerprint density at radius 1 is 1.07 bits per heavy atom. The summed E-state index contributed by atoms with van der Waals surface area (Å²) in [5, 5.41) is 3.12. The van der Waals surface area contributed by atoms with Crippen LogP contribution in [-0.4, -0.2) is 20.4 Å². The molecule has 0 unspecified atom stereocenters. The van der Waals surface area contributed by atoms with Gasteiger partial charge >= 0.3 is 0 Å². The molecule has 0 aliphatic rings. The van der Waals surface area contributed by atoms with Crippen LogP contribution >= 0.6 is 23.2 Å². The zero-order chi connectivity index (χ0) is 20.2. The van der Waals surface area contributed by atoms with Crippen molar-refractivity contribution in [2.75, 3.05) is 5.32 Å². The number of hydrogen-bond donors (Lipinski definition) is 2. The molecule has 0 saturated carbocycles. The van der Waals surface area contributed by atoms with E-state index in [1.807, 2.05) is 32.0 Å². The number of benzene rings is 2. The van der Waals surface area contributed by atoms with Gasteiger partial charge in [0.25, 0.3) is 0 Å². The van der Waals surface area contributed by atoms with Crippen LogP contribution in [0.2, 0.25) is 10.0 Å². The van der Waals surface area contributed by atoms with E-state index in [1.54, 1.807) is 0 Å². The Kier molecular flexibility index (Phi) is 7.28. The van der Waals surface area contributed by atoms with Crippen molar-refractivity contribution in [1.82, 2.24) is 4.72 Å². The van der Waals surface area contributed by atoms with Crippen LogP contribution in [0.25, 0.3) is 0 Å². The Balaban J connectivity index is 2.23. The molecule has 2 aromatic rings. The Hall–Kier alpha value is -1.60. The van der Waals surface area contributed by atoms with Gasteiger partial charge in [0.05, 0.1) is 11.1 Å². The van der Waals surface area contributed by atoms with Crippen LogP contribution in [0.3, 0.4) is 0 Å². The van der Waals surface area contributed by atoms with Crippen LogP contribution in [0.1, 0.15) is 31.9 Å². The molecule has 2 aromatic carbocycles. The summed E-state index contributed by atoms with van der Waals surface area (Å²) in [6.45, 7) is 5.47. The summed E-state index contributed by atoms with van der Waals surface area (Å²) in [5.41, 5.74) is 2.73. The van der Waals surface area contributed by atoms with E-state index in [1.165, 1.54) is 25.1 Å². The second-order valence-electron chi connectivity index (χ2n) is 6.07.